The molecule has 2 heteroatoms. The SMILES string of the molecule is CNC(c1cccc(C)c1)C1CCC(O)CC1. The Morgan fingerprint density at radius 1 is 1.24 bits per heavy atom. The van der Waals surface area contributed by atoms with Crippen LogP contribution in [-0.2, 0) is 0 Å². The van der Waals surface area contributed by atoms with Gasteiger partial charge in [0.2, 0.25) is 0 Å². The molecule has 17 heavy (non-hydrogen) atoms. The van der Waals surface area contributed by atoms with E-state index >= 15 is 0 Å². The summed E-state index contributed by atoms with van der Waals surface area (Å²) >= 11 is 0. The molecule has 1 aromatic carbocycles. The predicted octanol–water partition coefficient (Wildman–Crippen LogP) is 2.81. The zero-order valence-electron chi connectivity index (χ0n) is 10.8. The van der Waals surface area contributed by atoms with Crippen molar-refractivity contribution in [2.24, 2.45) is 5.92 Å². The summed E-state index contributed by atoms with van der Waals surface area (Å²) < 4.78 is 0. The molecule has 1 unspecified atom stereocenters. The number of benzene rings is 1. The second kappa shape index (κ2) is 5.65. The topological polar surface area (TPSA) is 32.3 Å². The van der Waals surface area contributed by atoms with Crippen LogP contribution in [0.25, 0.3) is 0 Å². The number of hydrogen-bond acceptors (Lipinski definition) is 2. The maximum atomic E-state index is 9.58. The summed E-state index contributed by atoms with van der Waals surface area (Å²) in [4.78, 5) is 0. The first-order valence-electron chi connectivity index (χ1n) is 6.62. The van der Waals surface area contributed by atoms with Gasteiger partial charge in [-0.1, -0.05) is 29.8 Å². The molecular formula is C15H23NO. The first-order chi connectivity index (χ1) is 8.20. The Hall–Kier alpha value is -0.860. The second-order valence-corrected chi connectivity index (χ2v) is 5.25. The van der Waals surface area contributed by atoms with Crippen molar-refractivity contribution in [3.63, 3.8) is 0 Å². The highest BCUT2D eigenvalue weighted by Crippen LogP contribution is 2.34. The Bertz CT molecular complexity index is 356. The van der Waals surface area contributed by atoms with Crippen LogP contribution in [0.5, 0.6) is 0 Å². The summed E-state index contributed by atoms with van der Waals surface area (Å²) in [6.07, 6.45) is 4.09. The van der Waals surface area contributed by atoms with Crippen molar-refractivity contribution < 1.29 is 5.11 Å². The maximum Gasteiger partial charge on any atom is 0.0540 e. The van der Waals surface area contributed by atoms with Crippen LogP contribution >= 0.6 is 0 Å². The first kappa shape index (κ1) is 12.6. The van der Waals surface area contributed by atoms with Crippen LogP contribution in [0.4, 0.5) is 0 Å². The van der Waals surface area contributed by atoms with Gasteiger partial charge in [-0.25, -0.2) is 0 Å². The number of rotatable bonds is 3. The number of nitrogens with one attached hydrogen (secondary N) is 1. The van der Waals surface area contributed by atoms with Gasteiger partial charge in [0.05, 0.1) is 6.10 Å². The van der Waals surface area contributed by atoms with Crippen molar-refractivity contribution in [3.8, 4) is 0 Å². The lowest BCUT2D eigenvalue weighted by molar-refractivity contribution is 0.0981. The largest absolute Gasteiger partial charge is 0.393 e. The Morgan fingerprint density at radius 3 is 2.53 bits per heavy atom. The molecule has 0 aliphatic heterocycles. The molecule has 0 aromatic heterocycles. The van der Waals surface area contributed by atoms with Crippen molar-refractivity contribution >= 4 is 0 Å². The van der Waals surface area contributed by atoms with Crippen LogP contribution in [0, 0.1) is 12.8 Å². The molecule has 1 saturated carbocycles. The van der Waals surface area contributed by atoms with Gasteiger partial charge >= 0.3 is 0 Å². The molecule has 2 N–H and O–H groups in total. The molecule has 1 atom stereocenters. The number of hydrogen-bond donors (Lipinski definition) is 2. The third-order valence-corrected chi connectivity index (χ3v) is 3.93. The summed E-state index contributed by atoms with van der Waals surface area (Å²) in [6.45, 7) is 2.14. The fraction of sp³-hybridized carbons (Fsp3) is 0.600. The molecule has 1 aliphatic carbocycles. The molecule has 0 amide bonds. The van der Waals surface area contributed by atoms with Crippen molar-refractivity contribution in [1.29, 1.82) is 0 Å². The highest BCUT2D eigenvalue weighted by atomic mass is 16.3. The van der Waals surface area contributed by atoms with E-state index in [1.54, 1.807) is 0 Å². The zero-order chi connectivity index (χ0) is 12.3. The van der Waals surface area contributed by atoms with Crippen LogP contribution < -0.4 is 5.32 Å². The van der Waals surface area contributed by atoms with Gasteiger partial charge in [-0.15, -0.1) is 0 Å². The summed E-state index contributed by atoms with van der Waals surface area (Å²) in [7, 11) is 2.04. The van der Waals surface area contributed by atoms with Crippen molar-refractivity contribution in [1.82, 2.24) is 5.32 Å². The molecule has 0 bridgehead atoms. The third-order valence-electron chi connectivity index (χ3n) is 3.93. The molecule has 0 heterocycles. The van der Waals surface area contributed by atoms with Gasteiger partial charge < -0.3 is 10.4 Å². The van der Waals surface area contributed by atoms with Crippen LogP contribution in [0.3, 0.4) is 0 Å². The smallest absolute Gasteiger partial charge is 0.0540 e. The minimum absolute atomic E-state index is 0.0683. The fourth-order valence-corrected chi connectivity index (χ4v) is 2.97. The van der Waals surface area contributed by atoms with E-state index < -0.39 is 0 Å². The molecule has 1 aliphatic rings. The Balaban J connectivity index is 2.10. The van der Waals surface area contributed by atoms with Crippen LogP contribution in [-0.4, -0.2) is 18.3 Å². The van der Waals surface area contributed by atoms with Crippen LogP contribution in [0.15, 0.2) is 24.3 Å². The highest BCUT2D eigenvalue weighted by molar-refractivity contribution is 5.25. The second-order valence-electron chi connectivity index (χ2n) is 5.25. The van der Waals surface area contributed by atoms with Gasteiger partial charge in [-0.2, -0.15) is 0 Å². The van der Waals surface area contributed by atoms with E-state index in [9.17, 15) is 5.11 Å². The van der Waals surface area contributed by atoms with Crippen LogP contribution in [0.1, 0.15) is 42.9 Å². The fourth-order valence-electron chi connectivity index (χ4n) is 2.97. The lowest BCUT2D eigenvalue weighted by Crippen LogP contribution is -2.30. The molecule has 2 nitrogen and oxygen atoms in total. The van der Waals surface area contributed by atoms with Gasteiger partial charge in [-0.3, -0.25) is 0 Å². The zero-order valence-corrected chi connectivity index (χ0v) is 10.8. The minimum Gasteiger partial charge on any atom is -0.393 e. The van der Waals surface area contributed by atoms with E-state index in [0.717, 1.165) is 25.7 Å². The van der Waals surface area contributed by atoms with E-state index in [4.69, 9.17) is 0 Å². The van der Waals surface area contributed by atoms with Gasteiger partial charge in [0.25, 0.3) is 0 Å². The van der Waals surface area contributed by atoms with E-state index in [1.807, 2.05) is 7.05 Å². The average Bonchev–Trinajstić information content (AvgIpc) is 2.33. The molecule has 1 aromatic rings. The van der Waals surface area contributed by atoms with Gasteiger partial charge in [0, 0.05) is 6.04 Å². The van der Waals surface area contributed by atoms with Crippen molar-refractivity contribution in [3.05, 3.63) is 35.4 Å². The van der Waals surface area contributed by atoms with E-state index in [-0.39, 0.29) is 6.10 Å². The van der Waals surface area contributed by atoms with E-state index in [0.29, 0.717) is 12.0 Å². The summed E-state index contributed by atoms with van der Waals surface area (Å²) in [5.74, 6) is 0.658. The van der Waals surface area contributed by atoms with Gasteiger partial charge in [0.1, 0.15) is 0 Å². The normalized spacial score (nSPS) is 26.8. The molecular weight excluding hydrogens is 210 g/mol. The van der Waals surface area contributed by atoms with E-state index in [2.05, 4.69) is 36.5 Å². The molecule has 0 spiro atoms. The molecule has 0 saturated heterocycles. The summed E-state index contributed by atoms with van der Waals surface area (Å²) in [5, 5.41) is 13.0. The lowest BCUT2D eigenvalue weighted by atomic mass is 9.80. The Morgan fingerprint density at radius 2 is 1.94 bits per heavy atom. The van der Waals surface area contributed by atoms with Gasteiger partial charge in [-0.05, 0) is 51.1 Å². The van der Waals surface area contributed by atoms with Crippen molar-refractivity contribution in [2.75, 3.05) is 7.05 Å². The average molecular weight is 233 g/mol. The molecule has 0 radical (unpaired) electrons. The first-order valence-corrected chi connectivity index (χ1v) is 6.62. The standard InChI is InChI=1S/C15H23NO/c1-11-4-3-5-13(10-11)15(16-2)12-6-8-14(17)9-7-12/h3-5,10,12,14-17H,6-9H2,1-2H3. The minimum atomic E-state index is -0.0683. The van der Waals surface area contributed by atoms with Gasteiger partial charge in [0.15, 0.2) is 0 Å². The molecule has 1 fully saturated rings. The lowest BCUT2D eigenvalue weighted by Gasteiger charge is -2.32. The Kier molecular flexibility index (Phi) is 4.19. The monoisotopic (exact) mass is 233 g/mol. The van der Waals surface area contributed by atoms with E-state index in [1.165, 1.54) is 11.1 Å². The quantitative estimate of drug-likeness (QED) is 0.841. The number of aliphatic hydroxyl groups excluding tert-OH is 1. The summed E-state index contributed by atoms with van der Waals surface area (Å²) in [5.41, 5.74) is 2.70. The summed E-state index contributed by atoms with van der Waals surface area (Å²) in [6, 6.07) is 9.18. The molecule has 2 rings (SSSR count). The van der Waals surface area contributed by atoms with Crippen LogP contribution in [0.2, 0.25) is 0 Å². The number of aliphatic hydroxyl groups is 1. The van der Waals surface area contributed by atoms with Crippen molar-refractivity contribution in [2.45, 2.75) is 44.8 Å². The molecule has 94 valence electrons. The Labute approximate surface area is 104 Å². The predicted molar refractivity (Wildman–Crippen MR) is 70.9 cm³/mol. The number of aryl methyl sites for hydroxylation is 1. The third kappa shape index (κ3) is 3.08. The highest BCUT2D eigenvalue weighted by Gasteiger charge is 2.26. The maximum absolute atomic E-state index is 9.58.